The normalized spacial score (nSPS) is 35.3. The number of hydrogen-bond donors (Lipinski definition) is 0. The number of cyclic esters (lactones) is 1. The number of carbonyl (C=O) groups excluding carboxylic acids is 3. The highest BCUT2D eigenvalue weighted by Crippen LogP contribution is 2.55. The number of fused-ring (bicyclic) bond motifs is 5. The summed E-state index contributed by atoms with van der Waals surface area (Å²) in [5.74, 6) is -1.77. The minimum absolute atomic E-state index is 0.0431. The molecule has 0 radical (unpaired) electrons. The SMILES string of the molecule is C=C(C)C(=O)OCC(=O)OCC1CC2OC1C1C(=O)OC(C)(C)C21. The Labute approximate surface area is 140 Å². The van der Waals surface area contributed by atoms with E-state index in [0.717, 1.165) is 6.42 Å². The number of rotatable bonds is 5. The molecule has 0 aromatic heterocycles. The van der Waals surface area contributed by atoms with Crippen molar-refractivity contribution in [3.63, 3.8) is 0 Å². The van der Waals surface area contributed by atoms with Crippen LogP contribution in [0.3, 0.4) is 0 Å². The molecule has 3 aliphatic heterocycles. The van der Waals surface area contributed by atoms with Gasteiger partial charge in [-0.3, -0.25) is 4.79 Å². The van der Waals surface area contributed by atoms with Gasteiger partial charge in [-0.15, -0.1) is 0 Å². The molecule has 0 spiro atoms. The predicted molar refractivity (Wildman–Crippen MR) is 80.7 cm³/mol. The van der Waals surface area contributed by atoms with E-state index in [4.69, 9.17) is 18.9 Å². The van der Waals surface area contributed by atoms with E-state index >= 15 is 0 Å². The van der Waals surface area contributed by atoms with Crippen molar-refractivity contribution >= 4 is 17.9 Å². The van der Waals surface area contributed by atoms with Gasteiger partial charge in [0, 0.05) is 17.4 Å². The molecule has 3 fully saturated rings. The van der Waals surface area contributed by atoms with Crippen LogP contribution < -0.4 is 0 Å². The maximum Gasteiger partial charge on any atom is 0.344 e. The Morgan fingerprint density at radius 2 is 2.04 bits per heavy atom. The summed E-state index contributed by atoms with van der Waals surface area (Å²) in [6, 6.07) is 0. The maximum absolute atomic E-state index is 12.1. The van der Waals surface area contributed by atoms with E-state index in [1.54, 1.807) is 0 Å². The summed E-state index contributed by atoms with van der Waals surface area (Å²) in [5, 5.41) is 0. The fraction of sp³-hybridized carbons (Fsp3) is 0.706. The number of carbonyl (C=O) groups is 3. The molecular weight excluding hydrogens is 316 g/mol. The van der Waals surface area contributed by atoms with Crippen LogP contribution in [0.2, 0.25) is 0 Å². The van der Waals surface area contributed by atoms with Crippen molar-refractivity contribution in [2.75, 3.05) is 13.2 Å². The lowest BCUT2D eigenvalue weighted by atomic mass is 9.70. The van der Waals surface area contributed by atoms with Gasteiger partial charge in [0.25, 0.3) is 0 Å². The van der Waals surface area contributed by atoms with Crippen LogP contribution >= 0.6 is 0 Å². The summed E-state index contributed by atoms with van der Waals surface area (Å²) in [6.45, 7) is 8.43. The average molecular weight is 338 g/mol. The molecule has 3 rings (SSSR count). The highest BCUT2D eigenvalue weighted by molar-refractivity contribution is 5.88. The van der Waals surface area contributed by atoms with Gasteiger partial charge >= 0.3 is 17.9 Å². The van der Waals surface area contributed by atoms with Gasteiger partial charge in [0.15, 0.2) is 6.61 Å². The second-order valence-corrected chi connectivity index (χ2v) is 7.25. The zero-order chi connectivity index (χ0) is 17.6. The van der Waals surface area contributed by atoms with Gasteiger partial charge < -0.3 is 18.9 Å². The third-order valence-corrected chi connectivity index (χ3v) is 5.04. The minimum atomic E-state index is -0.631. The van der Waals surface area contributed by atoms with E-state index < -0.39 is 24.1 Å². The first-order chi connectivity index (χ1) is 11.2. The average Bonchev–Trinajstić information content (AvgIpc) is 3.13. The first kappa shape index (κ1) is 17.0. The Bertz CT molecular complexity index is 594. The van der Waals surface area contributed by atoms with Crippen LogP contribution in [0.5, 0.6) is 0 Å². The van der Waals surface area contributed by atoms with E-state index in [1.165, 1.54) is 6.92 Å². The molecule has 0 N–H and O–H groups in total. The van der Waals surface area contributed by atoms with Crippen LogP contribution in [0, 0.1) is 17.8 Å². The summed E-state index contributed by atoms with van der Waals surface area (Å²) in [6.07, 6.45) is 0.400. The lowest BCUT2D eigenvalue weighted by Crippen LogP contribution is -2.41. The van der Waals surface area contributed by atoms with Gasteiger partial charge in [0.1, 0.15) is 5.60 Å². The quantitative estimate of drug-likeness (QED) is 0.420. The first-order valence-electron chi connectivity index (χ1n) is 8.07. The highest BCUT2D eigenvalue weighted by Gasteiger charge is 2.66. The molecule has 7 nitrogen and oxygen atoms in total. The lowest BCUT2D eigenvalue weighted by molar-refractivity contribution is -0.158. The molecule has 5 unspecified atom stereocenters. The molecule has 5 atom stereocenters. The Hall–Kier alpha value is -1.89. The van der Waals surface area contributed by atoms with E-state index in [1.807, 2.05) is 13.8 Å². The fourth-order valence-corrected chi connectivity index (χ4v) is 4.05. The molecule has 132 valence electrons. The zero-order valence-corrected chi connectivity index (χ0v) is 14.1. The number of ether oxygens (including phenoxy) is 4. The van der Waals surface area contributed by atoms with Crippen LogP contribution in [-0.2, 0) is 33.3 Å². The van der Waals surface area contributed by atoms with E-state index in [9.17, 15) is 14.4 Å². The molecule has 0 aromatic carbocycles. The third-order valence-electron chi connectivity index (χ3n) is 5.04. The smallest absolute Gasteiger partial charge is 0.344 e. The Morgan fingerprint density at radius 3 is 2.71 bits per heavy atom. The van der Waals surface area contributed by atoms with E-state index in [2.05, 4.69) is 6.58 Å². The van der Waals surface area contributed by atoms with Gasteiger partial charge in [-0.05, 0) is 27.2 Å². The van der Waals surface area contributed by atoms with Gasteiger partial charge in [-0.2, -0.15) is 0 Å². The van der Waals surface area contributed by atoms with Crippen molar-refractivity contribution in [2.45, 2.75) is 45.0 Å². The third kappa shape index (κ3) is 2.81. The molecule has 0 saturated carbocycles. The largest absolute Gasteiger partial charge is 0.463 e. The minimum Gasteiger partial charge on any atom is -0.463 e. The predicted octanol–water partition coefficient (Wildman–Crippen LogP) is 1.00. The zero-order valence-electron chi connectivity index (χ0n) is 14.1. The van der Waals surface area contributed by atoms with Crippen molar-refractivity contribution in [1.82, 2.24) is 0 Å². The molecule has 0 aromatic rings. The number of esters is 3. The van der Waals surface area contributed by atoms with Gasteiger partial charge in [0.05, 0.1) is 24.7 Å². The van der Waals surface area contributed by atoms with Crippen LogP contribution in [-0.4, -0.2) is 48.9 Å². The molecule has 0 aliphatic carbocycles. The van der Waals surface area contributed by atoms with Gasteiger partial charge in [0.2, 0.25) is 0 Å². The molecular formula is C17H22O7. The Kier molecular flexibility index (Phi) is 4.15. The van der Waals surface area contributed by atoms with Crippen LogP contribution in [0.15, 0.2) is 12.2 Å². The summed E-state index contributed by atoms with van der Waals surface area (Å²) in [4.78, 5) is 35.0. The second kappa shape index (κ2) is 5.88. The maximum atomic E-state index is 12.1. The molecule has 2 bridgehead atoms. The first-order valence-corrected chi connectivity index (χ1v) is 8.07. The summed E-state index contributed by atoms with van der Waals surface area (Å²) in [7, 11) is 0. The van der Waals surface area contributed by atoms with Crippen molar-refractivity contribution in [2.24, 2.45) is 17.8 Å². The van der Waals surface area contributed by atoms with Crippen LogP contribution in [0.1, 0.15) is 27.2 Å². The monoisotopic (exact) mass is 338 g/mol. The van der Waals surface area contributed by atoms with Crippen molar-refractivity contribution in [1.29, 1.82) is 0 Å². The standard InChI is InChI=1S/C17H22O7/c1-8(2)15(19)22-7-11(18)21-6-9-5-10-13-12(14(9)23-10)16(20)24-17(13,3)4/h9-10,12-14H,1,5-7H2,2-4H3. The molecule has 3 saturated heterocycles. The Balaban J connectivity index is 1.51. The summed E-state index contributed by atoms with van der Waals surface area (Å²) in [5.41, 5.74) is -0.294. The lowest BCUT2D eigenvalue weighted by Gasteiger charge is -2.30. The Morgan fingerprint density at radius 1 is 1.33 bits per heavy atom. The number of hydrogen-bond acceptors (Lipinski definition) is 7. The fourth-order valence-electron chi connectivity index (χ4n) is 4.05. The molecule has 3 aliphatic rings. The molecule has 3 heterocycles. The van der Waals surface area contributed by atoms with Crippen molar-refractivity contribution in [3.8, 4) is 0 Å². The van der Waals surface area contributed by atoms with Crippen molar-refractivity contribution < 1.29 is 33.3 Å². The van der Waals surface area contributed by atoms with E-state index in [-0.39, 0.29) is 48.1 Å². The molecule has 7 heteroatoms. The topological polar surface area (TPSA) is 88.1 Å². The summed E-state index contributed by atoms with van der Waals surface area (Å²) >= 11 is 0. The van der Waals surface area contributed by atoms with Crippen LogP contribution in [0.4, 0.5) is 0 Å². The van der Waals surface area contributed by atoms with Gasteiger partial charge in [-0.25, -0.2) is 9.59 Å². The highest BCUT2D eigenvalue weighted by atomic mass is 16.6. The summed E-state index contributed by atoms with van der Waals surface area (Å²) < 4.78 is 21.3. The molecule has 24 heavy (non-hydrogen) atoms. The van der Waals surface area contributed by atoms with Crippen LogP contribution in [0.25, 0.3) is 0 Å². The van der Waals surface area contributed by atoms with E-state index in [0.29, 0.717) is 0 Å². The van der Waals surface area contributed by atoms with Crippen molar-refractivity contribution in [3.05, 3.63) is 12.2 Å². The molecule has 0 amide bonds. The second-order valence-electron chi connectivity index (χ2n) is 7.25. The van der Waals surface area contributed by atoms with Gasteiger partial charge in [-0.1, -0.05) is 6.58 Å².